The Hall–Kier alpha value is -0.290. The summed E-state index contributed by atoms with van der Waals surface area (Å²) in [5, 5.41) is 3.48. The van der Waals surface area contributed by atoms with E-state index in [0.29, 0.717) is 18.5 Å². The molecule has 0 heterocycles. The summed E-state index contributed by atoms with van der Waals surface area (Å²) in [5.41, 5.74) is 0. The van der Waals surface area contributed by atoms with Crippen LogP contribution in [0.25, 0.3) is 0 Å². The Morgan fingerprint density at radius 3 is 2.47 bits per heavy atom. The molecule has 1 saturated carbocycles. The molecule has 0 radical (unpaired) electrons. The van der Waals surface area contributed by atoms with Crippen LogP contribution in [0.2, 0.25) is 0 Å². The van der Waals surface area contributed by atoms with Gasteiger partial charge in [-0.05, 0) is 45.6 Å². The number of nitrogens with one attached hydrogen (secondary N) is 1. The van der Waals surface area contributed by atoms with Crippen molar-refractivity contribution >= 4 is 0 Å². The first-order chi connectivity index (χ1) is 8.83. The number of halogens is 3. The molecule has 19 heavy (non-hydrogen) atoms. The van der Waals surface area contributed by atoms with Crippen molar-refractivity contribution in [1.82, 2.24) is 10.2 Å². The predicted octanol–water partition coefficient (Wildman–Crippen LogP) is 3.43. The Labute approximate surface area is 114 Å². The maximum Gasteiger partial charge on any atom is 0.401 e. The second-order valence-corrected chi connectivity index (χ2v) is 5.89. The molecule has 2 nitrogen and oxygen atoms in total. The highest BCUT2D eigenvalue weighted by Gasteiger charge is 2.35. The van der Waals surface area contributed by atoms with Gasteiger partial charge in [0.1, 0.15) is 0 Å². The van der Waals surface area contributed by atoms with Crippen molar-refractivity contribution in [3.63, 3.8) is 0 Å². The minimum absolute atomic E-state index is 0.0611. The largest absolute Gasteiger partial charge is 0.401 e. The van der Waals surface area contributed by atoms with E-state index in [9.17, 15) is 13.2 Å². The number of hydrogen-bond acceptors (Lipinski definition) is 2. The molecule has 0 aliphatic heterocycles. The second-order valence-electron chi connectivity index (χ2n) is 5.89. The van der Waals surface area contributed by atoms with Gasteiger partial charge in [-0.2, -0.15) is 13.2 Å². The van der Waals surface area contributed by atoms with Crippen LogP contribution in [0.3, 0.4) is 0 Å². The van der Waals surface area contributed by atoms with Gasteiger partial charge in [0.05, 0.1) is 6.54 Å². The first-order valence-electron chi connectivity index (χ1n) is 7.37. The van der Waals surface area contributed by atoms with Crippen LogP contribution in [-0.4, -0.2) is 42.8 Å². The smallest absolute Gasteiger partial charge is 0.314 e. The van der Waals surface area contributed by atoms with Gasteiger partial charge in [0.25, 0.3) is 0 Å². The van der Waals surface area contributed by atoms with E-state index >= 15 is 0 Å². The minimum atomic E-state index is -4.10. The molecule has 0 aromatic heterocycles. The summed E-state index contributed by atoms with van der Waals surface area (Å²) in [7, 11) is 0. The Morgan fingerprint density at radius 1 is 1.26 bits per heavy atom. The molecule has 5 heteroatoms. The molecule has 0 amide bonds. The fraction of sp³-hybridized carbons (Fsp3) is 1.00. The van der Waals surface area contributed by atoms with E-state index in [1.807, 2.05) is 13.8 Å². The quantitative estimate of drug-likeness (QED) is 0.768. The second kappa shape index (κ2) is 7.48. The summed E-state index contributed by atoms with van der Waals surface area (Å²) in [6, 6.07) is 0.337. The SMILES string of the molecule is CCCNC1CCCC1CN(CC(F)(F)F)C(C)C. The standard InChI is InChI=1S/C14H27F3N2/c1-4-8-18-13-7-5-6-12(13)9-19(11(2)3)10-14(15,16)17/h11-13,18H,4-10H2,1-3H3. The molecule has 0 aromatic rings. The van der Waals surface area contributed by atoms with Gasteiger partial charge in [-0.25, -0.2) is 0 Å². The highest BCUT2D eigenvalue weighted by molar-refractivity contribution is 4.86. The Balaban J connectivity index is 2.52. The molecule has 2 atom stereocenters. The average molecular weight is 280 g/mol. The van der Waals surface area contributed by atoms with Gasteiger partial charge < -0.3 is 5.32 Å². The van der Waals surface area contributed by atoms with Crippen molar-refractivity contribution in [2.24, 2.45) is 5.92 Å². The highest BCUT2D eigenvalue weighted by atomic mass is 19.4. The van der Waals surface area contributed by atoms with Crippen LogP contribution in [0.15, 0.2) is 0 Å². The third kappa shape index (κ3) is 6.13. The van der Waals surface area contributed by atoms with Crippen molar-refractivity contribution in [2.45, 2.75) is 64.7 Å². The Morgan fingerprint density at radius 2 is 1.95 bits per heavy atom. The van der Waals surface area contributed by atoms with E-state index in [1.54, 1.807) is 4.90 Å². The van der Waals surface area contributed by atoms with Crippen LogP contribution in [0.4, 0.5) is 13.2 Å². The molecule has 0 bridgehead atoms. The molecule has 1 fully saturated rings. The van der Waals surface area contributed by atoms with Gasteiger partial charge in [0.15, 0.2) is 0 Å². The third-order valence-corrected chi connectivity index (χ3v) is 3.90. The van der Waals surface area contributed by atoms with Crippen molar-refractivity contribution in [3.8, 4) is 0 Å². The van der Waals surface area contributed by atoms with Gasteiger partial charge in [-0.1, -0.05) is 13.3 Å². The molecule has 1 aliphatic carbocycles. The number of alkyl halides is 3. The molecule has 2 unspecified atom stereocenters. The lowest BCUT2D eigenvalue weighted by molar-refractivity contribution is -0.151. The lowest BCUT2D eigenvalue weighted by atomic mass is 10.0. The van der Waals surface area contributed by atoms with E-state index in [4.69, 9.17) is 0 Å². The predicted molar refractivity (Wildman–Crippen MR) is 72.2 cm³/mol. The van der Waals surface area contributed by atoms with Gasteiger partial charge >= 0.3 is 6.18 Å². The molecular formula is C14H27F3N2. The van der Waals surface area contributed by atoms with Crippen LogP contribution in [0.1, 0.15) is 46.5 Å². The molecule has 0 aromatic carbocycles. The van der Waals surface area contributed by atoms with Gasteiger partial charge in [-0.15, -0.1) is 0 Å². The van der Waals surface area contributed by atoms with Crippen LogP contribution in [0, 0.1) is 5.92 Å². The van der Waals surface area contributed by atoms with Crippen LogP contribution in [0.5, 0.6) is 0 Å². The molecule has 1 rings (SSSR count). The van der Waals surface area contributed by atoms with E-state index in [1.165, 1.54) is 0 Å². The zero-order valence-corrected chi connectivity index (χ0v) is 12.3. The first kappa shape index (κ1) is 16.8. The normalized spacial score (nSPS) is 24.6. The summed E-state index contributed by atoms with van der Waals surface area (Å²) in [6.07, 6.45) is 0.240. The maximum absolute atomic E-state index is 12.6. The molecule has 1 aliphatic rings. The zero-order chi connectivity index (χ0) is 14.5. The molecular weight excluding hydrogens is 253 g/mol. The fourth-order valence-corrected chi connectivity index (χ4v) is 2.84. The highest BCUT2D eigenvalue weighted by Crippen LogP contribution is 2.28. The number of nitrogens with zero attached hydrogens (tertiary/aromatic N) is 1. The Bertz CT molecular complexity index is 254. The van der Waals surface area contributed by atoms with Crippen molar-refractivity contribution < 1.29 is 13.2 Å². The minimum Gasteiger partial charge on any atom is -0.314 e. The lowest BCUT2D eigenvalue weighted by Crippen LogP contribution is -2.45. The maximum atomic E-state index is 12.6. The van der Waals surface area contributed by atoms with Gasteiger partial charge in [0.2, 0.25) is 0 Å². The van der Waals surface area contributed by atoms with Crippen LogP contribution < -0.4 is 5.32 Å². The summed E-state index contributed by atoms with van der Waals surface area (Å²) < 4.78 is 37.7. The van der Waals surface area contributed by atoms with E-state index in [0.717, 1.165) is 32.2 Å². The first-order valence-corrected chi connectivity index (χ1v) is 7.37. The molecule has 0 saturated heterocycles. The zero-order valence-electron chi connectivity index (χ0n) is 12.3. The Kier molecular flexibility index (Phi) is 6.60. The van der Waals surface area contributed by atoms with E-state index in [2.05, 4.69) is 12.2 Å². The summed E-state index contributed by atoms with van der Waals surface area (Å²) >= 11 is 0. The monoisotopic (exact) mass is 280 g/mol. The van der Waals surface area contributed by atoms with Crippen LogP contribution in [-0.2, 0) is 0 Å². The third-order valence-electron chi connectivity index (χ3n) is 3.90. The van der Waals surface area contributed by atoms with Crippen LogP contribution >= 0.6 is 0 Å². The van der Waals surface area contributed by atoms with E-state index < -0.39 is 12.7 Å². The number of rotatable bonds is 7. The van der Waals surface area contributed by atoms with Gasteiger partial charge in [-0.3, -0.25) is 4.90 Å². The molecule has 0 spiro atoms. The fourth-order valence-electron chi connectivity index (χ4n) is 2.84. The number of hydrogen-bond donors (Lipinski definition) is 1. The average Bonchev–Trinajstić information content (AvgIpc) is 2.71. The summed E-state index contributed by atoms with van der Waals surface area (Å²) in [5.74, 6) is 0.358. The lowest BCUT2D eigenvalue weighted by Gasteiger charge is -2.32. The van der Waals surface area contributed by atoms with Gasteiger partial charge in [0, 0.05) is 18.6 Å². The summed E-state index contributed by atoms with van der Waals surface area (Å²) in [4.78, 5) is 1.57. The van der Waals surface area contributed by atoms with Crippen molar-refractivity contribution in [2.75, 3.05) is 19.6 Å². The molecule has 1 N–H and O–H groups in total. The van der Waals surface area contributed by atoms with Crippen molar-refractivity contribution in [1.29, 1.82) is 0 Å². The summed E-state index contributed by atoms with van der Waals surface area (Å²) in [6.45, 7) is 6.52. The molecule has 114 valence electrons. The van der Waals surface area contributed by atoms with E-state index in [-0.39, 0.29) is 6.04 Å². The topological polar surface area (TPSA) is 15.3 Å². The van der Waals surface area contributed by atoms with Crippen molar-refractivity contribution in [3.05, 3.63) is 0 Å².